The Balaban J connectivity index is 0.852. The molecule has 0 aromatic carbocycles. The Bertz CT molecular complexity index is 2700. The smallest absolute Gasteiger partial charge is 0.313 e. The van der Waals surface area contributed by atoms with Crippen molar-refractivity contribution < 1.29 is 158 Å². The molecule has 1 spiro atoms. The van der Waals surface area contributed by atoms with Crippen LogP contribution in [0, 0.1) is 45.3 Å². The number of esters is 1. The van der Waals surface area contributed by atoms with Gasteiger partial charge in [-0.05, 0) is 92.3 Å². The maximum absolute atomic E-state index is 14.6. The van der Waals surface area contributed by atoms with Crippen molar-refractivity contribution in [1.82, 2.24) is 0 Å². The van der Waals surface area contributed by atoms with Gasteiger partial charge >= 0.3 is 5.97 Å². The van der Waals surface area contributed by atoms with Crippen molar-refractivity contribution >= 4 is 5.97 Å². The molecule has 7 aliphatic heterocycles. The zero-order valence-corrected chi connectivity index (χ0v) is 57.0. The number of allylic oxidation sites excluding steroid dienone is 2. The van der Waals surface area contributed by atoms with Gasteiger partial charge in [-0.3, -0.25) is 4.79 Å². The number of fused-ring (bicyclic) bond motifs is 4. The van der Waals surface area contributed by atoms with Gasteiger partial charge in [0.2, 0.25) is 0 Å². The fraction of sp³-hybridized carbons (Fsp3) is 0.955. The molecule has 564 valence electrons. The highest BCUT2D eigenvalue weighted by atomic mass is 16.8. The molecule has 32 heteroatoms. The first-order chi connectivity index (χ1) is 46.3. The molecule has 0 amide bonds. The Morgan fingerprint density at radius 2 is 0.980 bits per heavy atom. The lowest BCUT2D eigenvalue weighted by molar-refractivity contribution is -0.397. The molecule has 0 aromatic heterocycles. The zero-order chi connectivity index (χ0) is 71.2. The third kappa shape index (κ3) is 13.4. The number of aliphatic hydroxyl groups excluding tert-OH is 16. The van der Waals surface area contributed by atoms with Crippen molar-refractivity contribution in [3.8, 4) is 0 Å². The highest BCUT2D eigenvalue weighted by Crippen LogP contribution is 2.76. The van der Waals surface area contributed by atoms with Crippen LogP contribution in [0.25, 0.3) is 0 Å². The Labute approximate surface area is 568 Å². The highest BCUT2D eigenvalue weighted by molar-refractivity contribution is 5.83. The largest absolute Gasteiger partial charge is 0.458 e. The first-order valence-electron chi connectivity index (χ1n) is 34.7. The van der Waals surface area contributed by atoms with Crippen molar-refractivity contribution in [3.63, 3.8) is 0 Å². The molecule has 0 unspecified atom stereocenters. The molecule has 4 aliphatic carbocycles. The first kappa shape index (κ1) is 77.1. The summed E-state index contributed by atoms with van der Waals surface area (Å²) in [4.78, 5) is 14.6. The van der Waals surface area contributed by atoms with E-state index in [1.165, 1.54) is 19.8 Å². The van der Waals surface area contributed by atoms with Gasteiger partial charge < -0.3 is 153 Å². The fourth-order valence-electron chi connectivity index (χ4n) is 19.3. The number of carbonyl (C=O) groups excluding carboxylic acids is 1. The molecule has 3 saturated carbocycles. The van der Waals surface area contributed by atoms with Gasteiger partial charge in [0.15, 0.2) is 37.7 Å². The van der Waals surface area contributed by atoms with Crippen molar-refractivity contribution in [1.29, 1.82) is 0 Å². The molecular weight excluding hydrogens is 1300 g/mol. The van der Waals surface area contributed by atoms with Crippen LogP contribution < -0.4 is 0 Å². The van der Waals surface area contributed by atoms with Crippen LogP contribution >= 0.6 is 0 Å². The van der Waals surface area contributed by atoms with Crippen molar-refractivity contribution in [3.05, 3.63) is 11.6 Å². The van der Waals surface area contributed by atoms with E-state index in [4.69, 9.17) is 71.1 Å². The monoisotopic (exact) mass is 1410 g/mol. The fourth-order valence-corrected chi connectivity index (χ4v) is 19.3. The molecule has 37 atom stereocenters. The second-order valence-electron chi connectivity index (χ2n) is 30.9. The van der Waals surface area contributed by atoms with Crippen LogP contribution in [-0.4, -0.2) is 331 Å². The lowest BCUT2D eigenvalue weighted by atomic mass is 9.41. The van der Waals surface area contributed by atoms with Crippen LogP contribution in [0.3, 0.4) is 0 Å². The number of hydrogen-bond donors (Lipinski definition) is 16. The molecule has 0 radical (unpaired) electrons. The molecule has 16 N–H and O–H groups in total. The topological polar surface area (TPSA) is 479 Å². The number of carbonyl (C=O) groups is 1. The van der Waals surface area contributed by atoms with Gasteiger partial charge in [-0.2, -0.15) is 0 Å². The summed E-state index contributed by atoms with van der Waals surface area (Å²) in [6, 6.07) is 0. The van der Waals surface area contributed by atoms with E-state index in [9.17, 15) is 86.5 Å². The van der Waals surface area contributed by atoms with E-state index < -0.39 is 246 Å². The molecule has 11 rings (SSSR count). The summed E-state index contributed by atoms with van der Waals surface area (Å²) >= 11 is 0. The second kappa shape index (κ2) is 30.1. The maximum atomic E-state index is 14.6. The highest BCUT2D eigenvalue weighted by Gasteiger charge is 2.76. The Morgan fingerprint density at radius 1 is 0.510 bits per heavy atom. The van der Waals surface area contributed by atoms with E-state index in [1.807, 2.05) is 6.92 Å². The summed E-state index contributed by atoms with van der Waals surface area (Å²) in [6.07, 6.45) is -41.5. The van der Waals surface area contributed by atoms with Gasteiger partial charge in [-0.15, -0.1) is 0 Å². The number of ether oxygens (including phenoxy) is 15. The summed E-state index contributed by atoms with van der Waals surface area (Å²) in [5.41, 5.74) is -1.76. The van der Waals surface area contributed by atoms with E-state index in [0.717, 1.165) is 25.7 Å². The SMILES string of the molecule is CO[C@@H]1[C@@H](O)[C@H](O[C@@H]2[C@@H](O)[C@H](O[C@@H]3CO[C@@H](O[C@H]4CC[C@]5(C)C6=CC[C@]78C(=O)O[C@@](C)(C[C@H](O)CC(C)C)[C@H]7CC[C@@]8(C)[C@@H]6CC[C@H]5C4(C)C)[C@H](O[C@@H]4O[C@H](CO)[C@@H](O)[C@H](O[C@@H]5OC[C@@H](O)[C@H](O[C@@H]6O[C@H](CO)[C@@H](O)[C@H](OC)[C@H]6O)[C@H]5O)[C@H]4O)[C@H]3O)O[C@H](CO)[C@H]2O)O[C@H](CO)[C@H]1O. The normalized spacial score (nSPS) is 52.1. The van der Waals surface area contributed by atoms with Crippen molar-refractivity contribution in [2.24, 2.45) is 45.3 Å². The summed E-state index contributed by atoms with van der Waals surface area (Å²) < 4.78 is 90.0. The van der Waals surface area contributed by atoms with Gasteiger partial charge in [0, 0.05) is 26.6 Å². The molecule has 0 aromatic rings. The minimum absolute atomic E-state index is 0.0263. The van der Waals surface area contributed by atoms with Gasteiger partial charge in [0.05, 0.1) is 57.3 Å². The predicted molar refractivity (Wildman–Crippen MR) is 327 cm³/mol. The Morgan fingerprint density at radius 3 is 1.50 bits per heavy atom. The van der Waals surface area contributed by atoms with E-state index >= 15 is 0 Å². The third-order valence-corrected chi connectivity index (χ3v) is 24.4. The number of hydrogen-bond acceptors (Lipinski definition) is 32. The van der Waals surface area contributed by atoms with E-state index in [0.29, 0.717) is 32.1 Å². The van der Waals surface area contributed by atoms with Gasteiger partial charge in [-0.25, -0.2) is 0 Å². The van der Waals surface area contributed by atoms with Crippen LogP contribution in [0.2, 0.25) is 0 Å². The van der Waals surface area contributed by atoms with Gasteiger partial charge in [0.1, 0.15) is 140 Å². The predicted octanol–water partition coefficient (Wildman–Crippen LogP) is -4.42. The van der Waals surface area contributed by atoms with Gasteiger partial charge in [-0.1, -0.05) is 53.2 Å². The van der Waals surface area contributed by atoms with Crippen LogP contribution in [-0.2, 0) is 75.8 Å². The minimum atomic E-state index is -2.12. The average Bonchev–Trinajstić information content (AvgIpc) is 1.47. The number of rotatable bonds is 22. The quantitative estimate of drug-likeness (QED) is 0.0276. The Hall–Kier alpha value is -1.99. The molecule has 11 aliphatic rings. The maximum Gasteiger partial charge on any atom is 0.313 e. The summed E-state index contributed by atoms with van der Waals surface area (Å²) in [5, 5.41) is 179. The van der Waals surface area contributed by atoms with Crippen molar-refractivity contribution in [2.75, 3.05) is 53.9 Å². The molecule has 7 saturated heterocycles. The van der Waals surface area contributed by atoms with E-state index in [1.54, 1.807) is 0 Å². The molecule has 7 heterocycles. The number of methoxy groups -OCH3 is 2. The summed E-state index contributed by atoms with van der Waals surface area (Å²) in [6.45, 7) is 10.4. The van der Waals surface area contributed by atoms with Crippen LogP contribution in [0.5, 0.6) is 0 Å². The third-order valence-electron chi connectivity index (χ3n) is 24.4. The molecule has 32 nitrogen and oxygen atoms in total. The Kier molecular flexibility index (Phi) is 23.7. The second-order valence-corrected chi connectivity index (χ2v) is 30.9. The average molecular weight is 1410 g/mol. The molecule has 10 fully saturated rings. The number of cyclic esters (lactones) is 1. The first-order valence-corrected chi connectivity index (χ1v) is 34.7. The summed E-state index contributed by atoms with van der Waals surface area (Å²) in [5.74, 6) is 0.0258. The van der Waals surface area contributed by atoms with Crippen molar-refractivity contribution in [2.45, 2.75) is 296 Å². The summed E-state index contributed by atoms with van der Waals surface area (Å²) in [7, 11) is 2.37. The van der Waals surface area contributed by atoms with E-state index in [2.05, 4.69) is 47.6 Å². The van der Waals surface area contributed by atoms with Crippen LogP contribution in [0.15, 0.2) is 11.6 Å². The lowest BCUT2D eigenvalue weighted by Gasteiger charge is -2.63. The van der Waals surface area contributed by atoms with Crippen LogP contribution in [0.4, 0.5) is 0 Å². The molecule has 98 heavy (non-hydrogen) atoms. The standard InChI is InChI=1S/C66H108O32/c1-26(2)18-27(71)19-65(7)37-13-16-64(6)29-10-11-36-62(3,4)38(14-15-63(36,5)28(29)12-17-66(37,64)61(83)98-65)93-60-54(43(77)35(25-87-60)92-56-47(81)53(42(76)33(22-69)88-56)96-58-46(80)51(85-9)40(74)32(21-68)90-58)97-59-48(82)52(41(75)34(23-70)91-59)95-55-44(78)49(30(72)24-86-55)94-57-45(79)50(84-8)39(73)31(20-67)89-57/h12,26-27,29-60,67-82H,10-11,13-25H2,1-9H3/t27-,29-,30-,31-,32-,33-,34-,35-,36+,37-,38+,39-,40-,41-,42-,43+,44-,45-,46-,47-,48-,49+,50+,51+,52+,53+,54-,55+,56+,57+,58+,59+,60+,63-,64+,65+,66-/m1/s1. The number of aliphatic hydroxyl groups is 16. The van der Waals surface area contributed by atoms with Crippen LogP contribution in [0.1, 0.15) is 106 Å². The van der Waals surface area contributed by atoms with E-state index in [-0.39, 0.29) is 35.1 Å². The minimum Gasteiger partial charge on any atom is -0.458 e. The lowest BCUT2D eigenvalue weighted by Crippen LogP contribution is -2.67. The zero-order valence-electron chi connectivity index (χ0n) is 57.0. The molecular formula is C66H108O32. The van der Waals surface area contributed by atoms with Gasteiger partial charge in [0.25, 0.3) is 0 Å². The molecule has 0 bridgehead atoms.